The minimum Gasteiger partial charge on any atom is -0.484 e. The molecule has 0 bridgehead atoms. The number of amides is 1. The molecule has 1 aromatic rings. The van der Waals surface area contributed by atoms with Crippen LogP contribution in [0.1, 0.15) is 25.3 Å². The van der Waals surface area contributed by atoms with E-state index in [-0.39, 0.29) is 36.5 Å². The molecule has 0 aromatic heterocycles. The number of carbonyl (C=O) groups excluding carboxylic acids is 1. The van der Waals surface area contributed by atoms with Gasteiger partial charge in [-0.15, -0.1) is 30.4 Å². The molecule has 3 N–H and O–H groups in total. The van der Waals surface area contributed by atoms with Gasteiger partial charge in [-0.3, -0.25) is 4.79 Å². The maximum Gasteiger partial charge on any atom is 0.258 e. The molecule has 2 rings (SSSR count). The second-order valence-corrected chi connectivity index (χ2v) is 5.53. The van der Waals surface area contributed by atoms with Gasteiger partial charge in [0, 0.05) is 12.6 Å². The lowest BCUT2D eigenvalue weighted by atomic mass is 10.2. The number of nitrogens with zero attached hydrogens (tertiary/aromatic N) is 1. The number of halogens is 1. The zero-order valence-electron chi connectivity index (χ0n) is 14.4. The van der Waals surface area contributed by atoms with Crippen molar-refractivity contribution in [3.63, 3.8) is 0 Å². The molecule has 7 heteroatoms. The molecule has 25 heavy (non-hydrogen) atoms. The number of hydrogen-bond donors (Lipinski definition) is 3. The third-order valence-electron chi connectivity index (χ3n) is 3.33. The van der Waals surface area contributed by atoms with Crippen molar-refractivity contribution in [2.24, 2.45) is 4.99 Å². The van der Waals surface area contributed by atoms with Crippen LogP contribution in [0.5, 0.6) is 5.75 Å². The lowest BCUT2D eigenvalue weighted by Crippen LogP contribution is -2.37. The van der Waals surface area contributed by atoms with Crippen LogP contribution in [0.4, 0.5) is 0 Å². The number of carbonyl (C=O) groups is 1. The second-order valence-electron chi connectivity index (χ2n) is 5.53. The summed E-state index contributed by atoms with van der Waals surface area (Å²) in [7, 11) is 0. The van der Waals surface area contributed by atoms with E-state index in [0.717, 1.165) is 24.9 Å². The number of terminal acetylenes is 1. The second kappa shape index (κ2) is 11.6. The topological polar surface area (TPSA) is 74.8 Å². The SMILES string of the molecule is C#CCNC(=NCc1cccc(OCC(=O)NC2CC2)c1)NCC.I. The van der Waals surface area contributed by atoms with E-state index in [4.69, 9.17) is 11.2 Å². The molecule has 136 valence electrons. The van der Waals surface area contributed by atoms with Crippen LogP contribution < -0.4 is 20.7 Å². The number of guanidine groups is 1. The van der Waals surface area contributed by atoms with Crippen LogP contribution in [0, 0.1) is 12.3 Å². The lowest BCUT2D eigenvalue weighted by Gasteiger charge is -2.10. The summed E-state index contributed by atoms with van der Waals surface area (Å²) < 4.78 is 5.54. The molecule has 1 aliphatic carbocycles. The van der Waals surface area contributed by atoms with Gasteiger partial charge in [-0.1, -0.05) is 18.1 Å². The summed E-state index contributed by atoms with van der Waals surface area (Å²) in [6.07, 6.45) is 7.39. The maximum atomic E-state index is 11.6. The molecule has 1 amide bonds. The van der Waals surface area contributed by atoms with Gasteiger partial charge >= 0.3 is 0 Å². The highest BCUT2D eigenvalue weighted by Crippen LogP contribution is 2.18. The summed E-state index contributed by atoms with van der Waals surface area (Å²) in [5.41, 5.74) is 0.994. The van der Waals surface area contributed by atoms with Gasteiger partial charge in [-0.25, -0.2) is 4.99 Å². The summed E-state index contributed by atoms with van der Waals surface area (Å²) >= 11 is 0. The van der Waals surface area contributed by atoms with Crippen molar-refractivity contribution in [3.8, 4) is 18.1 Å². The van der Waals surface area contributed by atoms with Gasteiger partial charge < -0.3 is 20.7 Å². The van der Waals surface area contributed by atoms with E-state index < -0.39 is 0 Å². The minimum atomic E-state index is -0.0751. The Kier molecular flexibility index (Phi) is 9.77. The Morgan fingerprint density at radius 1 is 1.40 bits per heavy atom. The fraction of sp³-hybridized carbons (Fsp3) is 0.444. The number of ether oxygens (including phenoxy) is 1. The average molecular weight is 456 g/mol. The highest BCUT2D eigenvalue weighted by atomic mass is 127. The van der Waals surface area contributed by atoms with E-state index in [1.54, 1.807) is 0 Å². The van der Waals surface area contributed by atoms with Gasteiger partial charge in [0.15, 0.2) is 12.6 Å². The predicted octanol–water partition coefficient (Wildman–Crippen LogP) is 1.65. The first kappa shape index (κ1) is 21.1. The number of benzene rings is 1. The molecule has 0 aliphatic heterocycles. The Balaban J connectivity index is 0.00000312. The first-order valence-electron chi connectivity index (χ1n) is 8.18. The summed E-state index contributed by atoms with van der Waals surface area (Å²) in [6, 6.07) is 7.92. The molecule has 0 saturated heterocycles. The first-order valence-corrected chi connectivity index (χ1v) is 8.18. The van der Waals surface area contributed by atoms with Crippen molar-refractivity contribution in [3.05, 3.63) is 29.8 Å². The largest absolute Gasteiger partial charge is 0.484 e. The van der Waals surface area contributed by atoms with Gasteiger partial charge in [-0.05, 0) is 37.5 Å². The molecule has 6 nitrogen and oxygen atoms in total. The van der Waals surface area contributed by atoms with Crippen LogP contribution in [-0.4, -0.2) is 37.6 Å². The zero-order valence-corrected chi connectivity index (χ0v) is 16.7. The average Bonchev–Trinajstić information content (AvgIpc) is 3.40. The van der Waals surface area contributed by atoms with Crippen molar-refractivity contribution in [1.29, 1.82) is 0 Å². The van der Waals surface area contributed by atoms with E-state index in [1.807, 2.05) is 31.2 Å². The van der Waals surface area contributed by atoms with Crippen LogP contribution in [-0.2, 0) is 11.3 Å². The molecule has 1 aliphatic rings. The van der Waals surface area contributed by atoms with Crippen LogP contribution >= 0.6 is 24.0 Å². The molecule has 0 heterocycles. The quantitative estimate of drug-likeness (QED) is 0.241. The minimum absolute atomic E-state index is 0. The summed E-state index contributed by atoms with van der Waals surface area (Å²) in [6.45, 7) is 3.70. The molecular formula is C18H25IN4O2. The maximum absolute atomic E-state index is 11.6. The molecule has 1 saturated carbocycles. The van der Waals surface area contributed by atoms with E-state index in [2.05, 4.69) is 26.9 Å². The smallest absolute Gasteiger partial charge is 0.258 e. The molecule has 0 atom stereocenters. The van der Waals surface area contributed by atoms with Crippen LogP contribution in [0.2, 0.25) is 0 Å². The fourth-order valence-corrected chi connectivity index (χ4v) is 2.03. The summed E-state index contributed by atoms with van der Waals surface area (Å²) in [5, 5.41) is 9.06. The standard InChI is InChI=1S/C18H24N4O2.HI/c1-3-10-20-18(19-4-2)21-12-14-6-5-7-16(11-14)24-13-17(23)22-15-8-9-15;/h1,5-7,11,15H,4,8-10,12-13H2,2H3,(H,22,23)(H2,19,20,21);1H. The Labute approximate surface area is 166 Å². The van der Waals surface area contributed by atoms with Crippen LogP contribution in [0.25, 0.3) is 0 Å². The van der Waals surface area contributed by atoms with Crippen molar-refractivity contribution in [2.75, 3.05) is 19.7 Å². The number of hydrogen-bond acceptors (Lipinski definition) is 3. The van der Waals surface area contributed by atoms with Crippen molar-refractivity contribution < 1.29 is 9.53 Å². The van der Waals surface area contributed by atoms with Crippen molar-refractivity contribution in [2.45, 2.75) is 32.4 Å². The predicted molar refractivity (Wildman–Crippen MR) is 110 cm³/mol. The third kappa shape index (κ3) is 8.63. The molecule has 0 spiro atoms. The first-order chi connectivity index (χ1) is 11.7. The fourth-order valence-electron chi connectivity index (χ4n) is 2.03. The van der Waals surface area contributed by atoms with E-state index >= 15 is 0 Å². The summed E-state index contributed by atoms with van der Waals surface area (Å²) in [4.78, 5) is 16.1. The Morgan fingerprint density at radius 2 is 2.20 bits per heavy atom. The van der Waals surface area contributed by atoms with E-state index in [0.29, 0.717) is 30.8 Å². The summed E-state index contributed by atoms with van der Waals surface area (Å²) in [5.74, 6) is 3.78. The van der Waals surface area contributed by atoms with E-state index in [9.17, 15) is 4.79 Å². The Bertz CT molecular complexity index is 624. The molecule has 1 fully saturated rings. The van der Waals surface area contributed by atoms with Crippen molar-refractivity contribution >= 4 is 35.8 Å². The number of nitrogens with one attached hydrogen (secondary N) is 3. The zero-order chi connectivity index (χ0) is 17.2. The number of aliphatic imine (C=N–C) groups is 1. The van der Waals surface area contributed by atoms with Gasteiger partial charge in [0.05, 0.1) is 13.1 Å². The number of rotatable bonds is 8. The Morgan fingerprint density at radius 3 is 2.88 bits per heavy atom. The lowest BCUT2D eigenvalue weighted by molar-refractivity contribution is -0.123. The van der Waals surface area contributed by atoms with Gasteiger partial charge in [0.1, 0.15) is 5.75 Å². The highest BCUT2D eigenvalue weighted by Gasteiger charge is 2.23. The van der Waals surface area contributed by atoms with Gasteiger partial charge in [-0.2, -0.15) is 0 Å². The normalized spacial score (nSPS) is 13.2. The Hall–Kier alpha value is -1.95. The van der Waals surface area contributed by atoms with Crippen molar-refractivity contribution in [1.82, 2.24) is 16.0 Å². The third-order valence-corrected chi connectivity index (χ3v) is 3.33. The monoisotopic (exact) mass is 456 g/mol. The van der Waals surface area contributed by atoms with Gasteiger partial charge in [0.25, 0.3) is 5.91 Å². The molecule has 0 radical (unpaired) electrons. The highest BCUT2D eigenvalue weighted by molar-refractivity contribution is 14.0. The van der Waals surface area contributed by atoms with Gasteiger partial charge in [0.2, 0.25) is 0 Å². The molecule has 1 aromatic carbocycles. The van der Waals surface area contributed by atoms with E-state index in [1.165, 1.54) is 0 Å². The molecule has 0 unspecified atom stereocenters. The molecular weight excluding hydrogens is 431 g/mol. The van der Waals surface area contributed by atoms with Crippen LogP contribution in [0.15, 0.2) is 29.3 Å². The van der Waals surface area contributed by atoms with Crippen LogP contribution in [0.3, 0.4) is 0 Å².